The molecule has 0 bridgehead atoms. The minimum absolute atomic E-state index is 0.175. The molecule has 90 valence electrons. The quantitative estimate of drug-likeness (QED) is 0.501. The zero-order chi connectivity index (χ0) is 11.7. The SMILES string of the molecule is CC(C)C[C@H](CN)CC(=O)OCCCF. The molecule has 0 radical (unpaired) electrons. The predicted molar refractivity (Wildman–Crippen MR) is 58.2 cm³/mol. The van der Waals surface area contributed by atoms with Gasteiger partial charge in [-0.05, 0) is 24.8 Å². The Morgan fingerprint density at radius 1 is 1.47 bits per heavy atom. The lowest BCUT2D eigenvalue weighted by Crippen LogP contribution is -2.21. The first-order chi connectivity index (χ1) is 7.10. The molecule has 15 heavy (non-hydrogen) atoms. The van der Waals surface area contributed by atoms with E-state index in [1.165, 1.54) is 0 Å². The first kappa shape index (κ1) is 14.4. The second kappa shape index (κ2) is 8.65. The molecular weight excluding hydrogens is 197 g/mol. The lowest BCUT2D eigenvalue weighted by Gasteiger charge is -2.15. The van der Waals surface area contributed by atoms with Gasteiger partial charge in [-0.25, -0.2) is 0 Å². The van der Waals surface area contributed by atoms with Crippen molar-refractivity contribution >= 4 is 5.97 Å². The van der Waals surface area contributed by atoms with Crippen molar-refractivity contribution in [3.05, 3.63) is 0 Å². The molecular formula is C11H22FNO2. The van der Waals surface area contributed by atoms with Crippen molar-refractivity contribution in [2.24, 2.45) is 17.6 Å². The fraction of sp³-hybridized carbons (Fsp3) is 0.909. The van der Waals surface area contributed by atoms with Gasteiger partial charge >= 0.3 is 5.97 Å². The average molecular weight is 219 g/mol. The van der Waals surface area contributed by atoms with Crippen LogP contribution in [0, 0.1) is 11.8 Å². The summed E-state index contributed by atoms with van der Waals surface area (Å²) in [5.41, 5.74) is 5.56. The Balaban J connectivity index is 3.70. The van der Waals surface area contributed by atoms with Crippen LogP contribution in [0.4, 0.5) is 4.39 Å². The van der Waals surface area contributed by atoms with Crippen molar-refractivity contribution in [1.29, 1.82) is 0 Å². The van der Waals surface area contributed by atoms with Gasteiger partial charge < -0.3 is 10.5 Å². The number of esters is 1. The number of ether oxygens (including phenoxy) is 1. The van der Waals surface area contributed by atoms with Crippen molar-refractivity contribution in [3.8, 4) is 0 Å². The molecule has 0 aliphatic carbocycles. The number of nitrogens with two attached hydrogens (primary N) is 1. The fourth-order valence-corrected chi connectivity index (χ4v) is 1.46. The van der Waals surface area contributed by atoms with Gasteiger partial charge in [0.15, 0.2) is 0 Å². The highest BCUT2D eigenvalue weighted by Gasteiger charge is 2.14. The minimum atomic E-state index is -0.445. The van der Waals surface area contributed by atoms with Crippen molar-refractivity contribution in [1.82, 2.24) is 0 Å². The van der Waals surface area contributed by atoms with Gasteiger partial charge in [0.1, 0.15) is 0 Å². The summed E-state index contributed by atoms with van der Waals surface area (Å²) in [4.78, 5) is 11.3. The molecule has 0 amide bonds. The van der Waals surface area contributed by atoms with Crippen LogP contribution < -0.4 is 5.73 Å². The Morgan fingerprint density at radius 3 is 2.60 bits per heavy atom. The van der Waals surface area contributed by atoms with Gasteiger partial charge in [-0.15, -0.1) is 0 Å². The van der Waals surface area contributed by atoms with E-state index < -0.39 is 6.67 Å². The molecule has 0 aromatic carbocycles. The molecule has 0 aromatic rings. The number of hydrogen-bond donors (Lipinski definition) is 1. The number of alkyl halides is 1. The van der Waals surface area contributed by atoms with Crippen LogP contribution in [0.25, 0.3) is 0 Å². The topological polar surface area (TPSA) is 52.3 Å². The van der Waals surface area contributed by atoms with Crippen molar-refractivity contribution in [3.63, 3.8) is 0 Å². The van der Waals surface area contributed by atoms with Crippen LogP contribution >= 0.6 is 0 Å². The summed E-state index contributed by atoms with van der Waals surface area (Å²) in [5, 5.41) is 0. The smallest absolute Gasteiger partial charge is 0.306 e. The third-order valence-corrected chi connectivity index (χ3v) is 2.13. The summed E-state index contributed by atoms with van der Waals surface area (Å²) >= 11 is 0. The molecule has 0 saturated heterocycles. The molecule has 0 heterocycles. The first-order valence-corrected chi connectivity index (χ1v) is 5.51. The zero-order valence-corrected chi connectivity index (χ0v) is 9.67. The summed E-state index contributed by atoms with van der Waals surface area (Å²) in [7, 11) is 0. The number of halogens is 1. The van der Waals surface area contributed by atoms with E-state index in [0.29, 0.717) is 18.9 Å². The average Bonchev–Trinajstić information content (AvgIpc) is 2.16. The second-order valence-electron chi connectivity index (χ2n) is 4.20. The van der Waals surface area contributed by atoms with Crippen LogP contribution in [-0.2, 0) is 9.53 Å². The molecule has 0 spiro atoms. The highest BCUT2D eigenvalue weighted by atomic mass is 19.1. The number of carbonyl (C=O) groups excluding carboxylic acids is 1. The molecule has 0 aliphatic rings. The highest BCUT2D eigenvalue weighted by Crippen LogP contribution is 2.14. The van der Waals surface area contributed by atoms with Gasteiger partial charge in [0.2, 0.25) is 0 Å². The predicted octanol–water partition coefficient (Wildman–Crippen LogP) is 1.90. The van der Waals surface area contributed by atoms with Gasteiger partial charge in [-0.1, -0.05) is 13.8 Å². The maximum atomic E-state index is 11.7. The van der Waals surface area contributed by atoms with Gasteiger partial charge in [0, 0.05) is 12.8 Å². The molecule has 2 N–H and O–H groups in total. The van der Waals surface area contributed by atoms with E-state index in [-0.39, 0.29) is 24.9 Å². The lowest BCUT2D eigenvalue weighted by atomic mass is 9.94. The number of rotatable bonds is 8. The number of hydrogen-bond acceptors (Lipinski definition) is 3. The van der Waals surface area contributed by atoms with E-state index >= 15 is 0 Å². The molecule has 0 rings (SSSR count). The second-order valence-corrected chi connectivity index (χ2v) is 4.20. The Bertz CT molecular complexity index is 174. The van der Waals surface area contributed by atoms with E-state index in [4.69, 9.17) is 10.5 Å². The van der Waals surface area contributed by atoms with Crippen LogP contribution in [-0.4, -0.2) is 25.8 Å². The van der Waals surface area contributed by atoms with E-state index in [0.717, 1.165) is 6.42 Å². The Labute approximate surface area is 91.2 Å². The van der Waals surface area contributed by atoms with E-state index in [9.17, 15) is 9.18 Å². The molecule has 3 nitrogen and oxygen atoms in total. The van der Waals surface area contributed by atoms with Crippen LogP contribution in [0.5, 0.6) is 0 Å². The van der Waals surface area contributed by atoms with Crippen molar-refractivity contribution < 1.29 is 13.9 Å². The molecule has 0 saturated carbocycles. The molecule has 0 aliphatic heterocycles. The number of carbonyl (C=O) groups is 1. The summed E-state index contributed by atoms with van der Waals surface area (Å²) < 4.78 is 16.6. The van der Waals surface area contributed by atoms with Crippen LogP contribution in [0.3, 0.4) is 0 Å². The van der Waals surface area contributed by atoms with Crippen LogP contribution in [0.1, 0.15) is 33.1 Å². The summed E-state index contributed by atoms with van der Waals surface area (Å²) in [5.74, 6) is 0.444. The van der Waals surface area contributed by atoms with E-state index in [1.54, 1.807) is 0 Å². The molecule has 1 atom stereocenters. The summed E-state index contributed by atoms with van der Waals surface area (Å²) in [6.45, 7) is 4.42. The van der Waals surface area contributed by atoms with Gasteiger partial charge in [0.05, 0.1) is 13.3 Å². The summed E-state index contributed by atoms with van der Waals surface area (Å²) in [6, 6.07) is 0. The maximum Gasteiger partial charge on any atom is 0.306 e. The van der Waals surface area contributed by atoms with Crippen molar-refractivity contribution in [2.75, 3.05) is 19.8 Å². The van der Waals surface area contributed by atoms with Crippen molar-refractivity contribution in [2.45, 2.75) is 33.1 Å². The van der Waals surface area contributed by atoms with Crippen LogP contribution in [0.2, 0.25) is 0 Å². The monoisotopic (exact) mass is 219 g/mol. The highest BCUT2D eigenvalue weighted by molar-refractivity contribution is 5.69. The molecule has 0 fully saturated rings. The normalized spacial score (nSPS) is 12.9. The van der Waals surface area contributed by atoms with E-state index in [2.05, 4.69) is 13.8 Å². The molecule has 0 aromatic heterocycles. The van der Waals surface area contributed by atoms with E-state index in [1.807, 2.05) is 0 Å². The largest absolute Gasteiger partial charge is 0.466 e. The third kappa shape index (κ3) is 8.36. The standard InChI is InChI=1S/C11H22FNO2/c1-9(2)6-10(8-13)7-11(14)15-5-3-4-12/h9-10H,3-8,13H2,1-2H3/t10-/m0/s1. The van der Waals surface area contributed by atoms with Crippen LogP contribution in [0.15, 0.2) is 0 Å². The maximum absolute atomic E-state index is 11.7. The zero-order valence-electron chi connectivity index (χ0n) is 9.67. The summed E-state index contributed by atoms with van der Waals surface area (Å²) in [6.07, 6.45) is 1.55. The Kier molecular flexibility index (Phi) is 8.28. The van der Waals surface area contributed by atoms with Gasteiger partial charge in [-0.3, -0.25) is 9.18 Å². The lowest BCUT2D eigenvalue weighted by molar-refractivity contribution is -0.145. The first-order valence-electron chi connectivity index (χ1n) is 5.51. The minimum Gasteiger partial charge on any atom is -0.466 e. The third-order valence-electron chi connectivity index (χ3n) is 2.13. The molecule has 0 unspecified atom stereocenters. The Hall–Kier alpha value is -0.640. The fourth-order valence-electron chi connectivity index (χ4n) is 1.46. The Morgan fingerprint density at radius 2 is 2.13 bits per heavy atom. The molecule has 4 heteroatoms. The van der Waals surface area contributed by atoms with Gasteiger partial charge in [-0.2, -0.15) is 0 Å². The van der Waals surface area contributed by atoms with Gasteiger partial charge in [0.25, 0.3) is 0 Å².